The number of hydrogen-bond acceptors (Lipinski definition) is 6. The van der Waals surface area contributed by atoms with Gasteiger partial charge in [-0.1, -0.05) is 24.4 Å². The van der Waals surface area contributed by atoms with Crippen LogP contribution in [0.15, 0.2) is 42.5 Å². The van der Waals surface area contributed by atoms with Crippen LogP contribution in [0.5, 0.6) is 0 Å². The van der Waals surface area contributed by atoms with E-state index in [2.05, 4.69) is 15.5 Å². The topological polar surface area (TPSA) is 90.4 Å². The van der Waals surface area contributed by atoms with Gasteiger partial charge in [0.25, 0.3) is 0 Å². The molecule has 3 aromatic rings. The van der Waals surface area contributed by atoms with Crippen LogP contribution < -0.4 is 10.6 Å². The number of fused-ring (bicyclic) bond motifs is 1. The minimum Gasteiger partial charge on any atom is -0.478 e. The Bertz CT molecular complexity index is 1140. The van der Waals surface area contributed by atoms with E-state index in [1.807, 2.05) is 18.2 Å². The molecule has 1 aliphatic heterocycles. The van der Waals surface area contributed by atoms with Crippen molar-refractivity contribution in [2.24, 2.45) is 0 Å². The number of hydrogen-bond donors (Lipinski definition) is 3. The van der Waals surface area contributed by atoms with Crippen molar-refractivity contribution in [1.82, 2.24) is 14.9 Å². The molecule has 2 fully saturated rings. The third-order valence-electron chi connectivity index (χ3n) is 6.76. The molecule has 0 spiro atoms. The highest BCUT2D eigenvalue weighted by Gasteiger charge is 2.27. The maximum atomic E-state index is 11.1. The van der Waals surface area contributed by atoms with Crippen molar-refractivity contribution in [1.29, 1.82) is 0 Å². The average Bonchev–Trinajstić information content (AvgIpc) is 3.35. The Kier molecular flexibility index (Phi) is 6.33. The maximum Gasteiger partial charge on any atom is 0.335 e. The predicted octanol–water partition coefficient (Wildman–Crippen LogP) is 5.54. The van der Waals surface area contributed by atoms with E-state index in [1.165, 1.54) is 25.7 Å². The largest absolute Gasteiger partial charge is 0.478 e. The lowest BCUT2D eigenvalue weighted by molar-refractivity contribution is 0.0697. The SMILES string of the molecule is O=C(O)c1ccc(Nc2nc(NC3CCN(C4CCCC4)CC3)nc3ccc(Cl)cc23)cc1. The Balaban J connectivity index is 1.35. The highest BCUT2D eigenvalue weighted by Crippen LogP contribution is 2.30. The number of rotatable bonds is 6. The molecule has 2 aromatic carbocycles. The molecule has 0 unspecified atom stereocenters. The summed E-state index contributed by atoms with van der Waals surface area (Å²) in [7, 11) is 0. The molecule has 3 N–H and O–H groups in total. The summed E-state index contributed by atoms with van der Waals surface area (Å²) in [5.41, 5.74) is 1.78. The van der Waals surface area contributed by atoms with Gasteiger partial charge in [0.15, 0.2) is 0 Å². The van der Waals surface area contributed by atoms with Gasteiger partial charge < -0.3 is 20.6 Å². The summed E-state index contributed by atoms with van der Waals surface area (Å²) < 4.78 is 0. The van der Waals surface area contributed by atoms with Crippen molar-refractivity contribution < 1.29 is 9.90 Å². The summed E-state index contributed by atoms with van der Waals surface area (Å²) >= 11 is 6.24. The van der Waals surface area contributed by atoms with Gasteiger partial charge in [0, 0.05) is 41.3 Å². The standard InChI is InChI=1S/C25H28ClN5O2/c26-17-7-10-22-21(15-17)23(27-18-8-5-16(6-9-18)24(32)33)30-25(29-22)28-19-11-13-31(14-12-19)20-3-1-2-4-20/h5-10,15,19-20H,1-4,11-14H2,(H,32,33)(H2,27,28,29,30). The van der Waals surface area contributed by atoms with Crippen LogP contribution in [0.2, 0.25) is 5.02 Å². The van der Waals surface area contributed by atoms with Gasteiger partial charge >= 0.3 is 5.97 Å². The number of anilines is 3. The summed E-state index contributed by atoms with van der Waals surface area (Å²) in [6.45, 7) is 2.24. The zero-order chi connectivity index (χ0) is 22.8. The van der Waals surface area contributed by atoms with E-state index >= 15 is 0 Å². The molecular weight excluding hydrogens is 438 g/mol. The number of carbonyl (C=O) groups is 1. The molecule has 0 amide bonds. The van der Waals surface area contributed by atoms with Crippen molar-refractivity contribution in [3.05, 3.63) is 53.1 Å². The molecule has 1 aromatic heterocycles. The number of nitrogens with zero attached hydrogens (tertiary/aromatic N) is 3. The first-order valence-corrected chi connectivity index (χ1v) is 12.0. The molecule has 1 saturated heterocycles. The Hall–Kier alpha value is -2.90. The summed E-state index contributed by atoms with van der Waals surface area (Å²) in [5.74, 6) is 0.275. The van der Waals surface area contributed by atoms with Crippen LogP contribution in [-0.4, -0.2) is 51.1 Å². The number of halogens is 1. The van der Waals surface area contributed by atoms with E-state index in [9.17, 15) is 4.79 Å². The van der Waals surface area contributed by atoms with Gasteiger partial charge in [0.1, 0.15) is 5.82 Å². The Morgan fingerprint density at radius 1 is 1.00 bits per heavy atom. The Morgan fingerprint density at radius 3 is 2.42 bits per heavy atom. The summed E-state index contributed by atoms with van der Waals surface area (Å²) in [5, 5.41) is 17.4. The Labute approximate surface area is 198 Å². The van der Waals surface area contributed by atoms with Crippen molar-refractivity contribution in [3.63, 3.8) is 0 Å². The van der Waals surface area contributed by atoms with Gasteiger partial charge in [0.05, 0.1) is 11.1 Å². The third-order valence-corrected chi connectivity index (χ3v) is 6.99. The van der Waals surface area contributed by atoms with Crippen LogP contribution in [-0.2, 0) is 0 Å². The first kappa shape index (κ1) is 21.9. The van der Waals surface area contributed by atoms with E-state index in [1.54, 1.807) is 24.3 Å². The lowest BCUT2D eigenvalue weighted by atomic mass is 10.0. The fourth-order valence-electron chi connectivity index (χ4n) is 4.95. The quantitative estimate of drug-likeness (QED) is 0.440. The van der Waals surface area contributed by atoms with E-state index in [-0.39, 0.29) is 5.56 Å². The van der Waals surface area contributed by atoms with E-state index in [4.69, 9.17) is 26.7 Å². The molecule has 1 saturated carbocycles. The molecule has 0 radical (unpaired) electrons. The Morgan fingerprint density at radius 2 is 1.73 bits per heavy atom. The van der Waals surface area contributed by atoms with E-state index < -0.39 is 5.97 Å². The molecule has 2 aliphatic rings. The van der Waals surface area contributed by atoms with Crippen LogP contribution in [0.1, 0.15) is 48.9 Å². The highest BCUT2D eigenvalue weighted by atomic mass is 35.5. The minimum absolute atomic E-state index is 0.238. The second-order valence-electron chi connectivity index (χ2n) is 8.96. The summed E-state index contributed by atoms with van der Waals surface area (Å²) in [6, 6.07) is 13.3. The fraction of sp³-hybridized carbons (Fsp3) is 0.400. The molecule has 0 atom stereocenters. The van der Waals surface area contributed by atoms with Gasteiger partial charge in [-0.25, -0.2) is 9.78 Å². The van der Waals surface area contributed by atoms with Crippen molar-refractivity contribution >= 4 is 45.9 Å². The third kappa shape index (κ3) is 5.04. The van der Waals surface area contributed by atoms with Crippen LogP contribution in [0.4, 0.5) is 17.5 Å². The zero-order valence-electron chi connectivity index (χ0n) is 18.4. The molecule has 5 rings (SSSR count). The minimum atomic E-state index is -0.953. The highest BCUT2D eigenvalue weighted by molar-refractivity contribution is 6.31. The molecule has 2 heterocycles. The van der Waals surface area contributed by atoms with Crippen molar-refractivity contribution in [2.75, 3.05) is 23.7 Å². The lowest BCUT2D eigenvalue weighted by Crippen LogP contribution is -2.43. The molecule has 8 heteroatoms. The number of nitrogens with one attached hydrogen (secondary N) is 2. The average molecular weight is 466 g/mol. The molecule has 1 aliphatic carbocycles. The first-order valence-electron chi connectivity index (χ1n) is 11.6. The number of likely N-dealkylation sites (tertiary alicyclic amines) is 1. The fourth-order valence-corrected chi connectivity index (χ4v) is 5.13. The van der Waals surface area contributed by atoms with Gasteiger partial charge in [-0.2, -0.15) is 4.98 Å². The monoisotopic (exact) mass is 465 g/mol. The van der Waals surface area contributed by atoms with Crippen LogP contribution in [0.3, 0.4) is 0 Å². The number of aromatic carboxylic acids is 1. The molecular formula is C25H28ClN5O2. The predicted molar refractivity (Wildman–Crippen MR) is 132 cm³/mol. The number of carboxylic acid groups (broad SMARTS) is 1. The van der Waals surface area contributed by atoms with E-state index in [0.29, 0.717) is 22.8 Å². The maximum absolute atomic E-state index is 11.1. The van der Waals surface area contributed by atoms with Crippen molar-refractivity contribution in [2.45, 2.75) is 50.6 Å². The normalized spacial score (nSPS) is 18.0. The lowest BCUT2D eigenvalue weighted by Gasteiger charge is -2.36. The molecule has 33 heavy (non-hydrogen) atoms. The van der Waals surface area contributed by atoms with Crippen LogP contribution >= 0.6 is 11.6 Å². The number of piperidine rings is 1. The number of aromatic nitrogens is 2. The van der Waals surface area contributed by atoms with Gasteiger partial charge in [-0.3, -0.25) is 0 Å². The summed E-state index contributed by atoms with van der Waals surface area (Å²) in [6.07, 6.45) is 7.59. The second kappa shape index (κ2) is 9.53. The second-order valence-corrected chi connectivity index (χ2v) is 9.39. The molecule has 0 bridgehead atoms. The number of benzene rings is 2. The smallest absolute Gasteiger partial charge is 0.335 e. The first-order chi connectivity index (χ1) is 16.0. The summed E-state index contributed by atoms with van der Waals surface area (Å²) in [4.78, 5) is 23.3. The van der Waals surface area contributed by atoms with Gasteiger partial charge in [-0.15, -0.1) is 0 Å². The van der Waals surface area contributed by atoms with Gasteiger partial charge in [-0.05, 0) is 68.1 Å². The van der Waals surface area contributed by atoms with Crippen LogP contribution in [0, 0.1) is 0 Å². The van der Waals surface area contributed by atoms with E-state index in [0.717, 1.165) is 48.6 Å². The molecule has 7 nitrogen and oxygen atoms in total. The molecule has 172 valence electrons. The van der Waals surface area contributed by atoms with Crippen LogP contribution in [0.25, 0.3) is 10.9 Å². The number of carboxylic acids is 1. The van der Waals surface area contributed by atoms with Crippen molar-refractivity contribution in [3.8, 4) is 0 Å². The zero-order valence-corrected chi connectivity index (χ0v) is 19.2. The van der Waals surface area contributed by atoms with Gasteiger partial charge in [0.2, 0.25) is 5.95 Å².